The van der Waals surface area contributed by atoms with Gasteiger partial charge < -0.3 is 4.42 Å². The SMILES string of the molecule is CC1(C)c2ccccc2-c2ccc3c(c21)c1c2oc4ccccc4c2ccc1n3-c1cc(-c2ccccc2)nc(-c2ccccc2)n1. The van der Waals surface area contributed by atoms with Gasteiger partial charge in [-0.2, -0.15) is 0 Å². The molecule has 3 heterocycles. The van der Waals surface area contributed by atoms with Crippen molar-refractivity contribution in [2.45, 2.75) is 19.3 Å². The first-order valence-corrected chi connectivity index (χ1v) is 16.1. The highest BCUT2D eigenvalue weighted by Crippen LogP contribution is 2.54. The second-order valence-corrected chi connectivity index (χ2v) is 13.0. The van der Waals surface area contributed by atoms with E-state index < -0.39 is 0 Å². The molecule has 47 heavy (non-hydrogen) atoms. The lowest BCUT2D eigenvalue weighted by atomic mass is 9.80. The van der Waals surface area contributed by atoms with Gasteiger partial charge in [-0.3, -0.25) is 4.57 Å². The average molecular weight is 604 g/mol. The van der Waals surface area contributed by atoms with E-state index in [1.165, 1.54) is 27.6 Å². The van der Waals surface area contributed by atoms with Crippen LogP contribution in [-0.2, 0) is 5.41 Å². The van der Waals surface area contributed by atoms with Gasteiger partial charge in [-0.1, -0.05) is 123 Å². The number of hydrogen-bond donors (Lipinski definition) is 0. The van der Waals surface area contributed by atoms with E-state index in [-0.39, 0.29) is 5.41 Å². The van der Waals surface area contributed by atoms with Crippen molar-refractivity contribution in [2.24, 2.45) is 0 Å². The minimum atomic E-state index is -0.213. The van der Waals surface area contributed by atoms with Gasteiger partial charge in [-0.25, -0.2) is 9.97 Å². The van der Waals surface area contributed by atoms with Crippen molar-refractivity contribution in [1.82, 2.24) is 14.5 Å². The van der Waals surface area contributed by atoms with E-state index in [0.717, 1.165) is 61.0 Å². The minimum absolute atomic E-state index is 0.213. The molecule has 0 spiro atoms. The van der Waals surface area contributed by atoms with E-state index >= 15 is 0 Å². The highest BCUT2D eigenvalue weighted by Gasteiger charge is 2.38. The van der Waals surface area contributed by atoms with Gasteiger partial charge >= 0.3 is 0 Å². The maximum Gasteiger partial charge on any atom is 0.162 e. The molecule has 4 nitrogen and oxygen atoms in total. The minimum Gasteiger partial charge on any atom is -0.455 e. The fourth-order valence-corrected chi connectivity index (χ4v) is 7.91. The molecule has 0 aliphatic heterocycles. The zero-order chi connectivity index (χ0) is 31.3. The summed E-state index contributed by atoms with van der Waals surface area (Å²) >= 11 is 0. The molecule has 9 aromatic rings. The summed E-state index contributed by atoms with van der Waals surface area (Å²) in [6, 6.07) is 48.9. The Bertz CT molecular complexity index is 2640. The third-order valence-electron chi connectivity index (χ3n) is 10.00. The quantitative estimate of drug-likeness (QED) is 0.202. The first-order chi connectivity index (χ1) is 23.1. The number of hydrogen-bond acceptors (Lipinski definition) is 3. The van der Waals surface area contributed by atoms with Gasteiger partial charge in [0.05, 0.1) is 22.1 Å². The van der Waals surface area contributed by atoms with Crippen LogP contribution in [0.1, 0.15) is 25.0 Å². The van der Waals surface area contributed by atoms with Crippen molar-refractivity contribution >= 4 is 43.7 Å². The van der Waals surface area contributed by atoms with Crippen LogP contribution in [0, 0.1) is 0 Å². The van der Waals surface area contributed by atoms with Crippen molar-refractivity contribution in [3.8, 4) is 39.6 Å². The molecule has 3 aromatic heterocycles. The summed E-state index contributed by atoms with van der Waals surface area (Å²) in [5.74, 6) is 1.51. The molecule has 0 amide bonds. The van der Waals surface area contributed by atoms with E-state index in [2.05, 4.69) is 128 Å². The van der Waals surface area contributed by atoms with Gasteiger partial charge in [-0.05, 0) is 46.5 Å². The second kappa shape index (κ2) is 9.51. The fourth-order valence-electron chi connectivity index (χ4n) is 7.91. The standard InChI is InChI=1S/C43H29N3O/c1-43(2)32-19-11-9-17-28(32)30-21-23-34-38(40(30)43)39-35(24-22-31-29-18-10-12-20-36(29)47-41(31)39)46(34)37-25-33(26-13-5-3-6-14-26)44-42(45-37)27-15-7-4-8-16-27/h3-25H,1-2H3. The van der Waals surface area contributed by atoms with Crippen LogP contribution in [-0.4, -0.2) is 14.5 Å². The fraction of sp³-hybridized carbons (Fsp3) is 0.0698. The van der Waals surface area contributed by atoms with E-state index in [0.29, 0.717) is 5.82 Å². The molecule has 0 unspecified atom stereocenters. The third-order valence-corrected chi connectivity index (χ3v) is 10.00. The predicted octanol–water partition coefficient (Wildman–Crippen LogP) is 11.1. The van der Waals surface area contributed by atoms with Gasteiger partial charge in [0.1, 0.15) is 17.0 Å². The van der Waals surface area contributed by atoms with Crippen LogP contribution in [0.2, 0.25) is 0 Å². The Kier molecular flexibility index (Phi) is 5.31. The Morgan fingerprint density at radius 1 is 0.574 bits per heavy atom. The molecule has 6 aromatic carbocycles. The Hall–Kier alpha value is -6.00. The molecule has 0 radical (unpaired) electrons. The Morgan fingerprint density at radius 2 is 1.26 bits per heavy atom. The van der Waals surface area contributed by atoms with Gasteiger partial charge in [0.25, 0.3) is 0 Å². The van der Waals surface area contributed by atoms with Gasteiger partial charge in [-0.15, -0.1) is 0 Å². The number of furan rings is 1. The highest BCUT2D eigenvalue weighted by atomic mass is 16.3. The zero-order valence-electron chi connectivity index (χ0n) is 26.0. The molecule has 0 bridgehead atoms. The molecule has 4 heteroatoms. The van der Waals surface area contributed by atoms with Crippen LogP contribution in [0.4, 0.5) is 0 Å². The van der Waals surface area contributed by atoms with Crippen molar-refractivity contribution in [2.75, 3.05) is 0 Å². The molecule has 0 saturated carbocycles. The molecule has 0 N–H and O–H groups in total. The predicted molar refractivity (Wildman–Crippen MR) is 192 cm³/mol. The van der Waals surface area contributed by atoms with E-state index in [1.54, 1.807) is 0 Å². The van der Waals surface area contributed by atoms with Crippen LogP contribution in [0.5, 0.6) is 0 Å². The lowest BCUT2D eigenvalue weighted by Crippen LogP contribution is -2.15. The van der Waals surface area contributed by atoms with E-state index in [4.69, 9.17) is 14.4 Å². The maximum atomic E-state index is 6.77. The largest absolute Gasteiger partial charge is 0.455 e. The van der Waals surface area contributed by atoms with Crippen LogP contribution in [0.3, 0.4) is 0 Å². The summed E-state index contributed by atoms with van der Waals surface area (Å²) in [6.07, 6.45) is 0. The molecule has 0 atom stereocenters. The maximum absolute atomic E-state index is 6.77. The molecule has 1 aliphatic rings. The number of benzene rings is 6. The van der Waals surface area contributed by atoms with Gasteiger partial charge in [0.2, 0.25) is 0 Å². The number of fused-ring (bicyclic) bond motifs is 11. The lowest BCUT2D eigenvalue weighted by molar-refractivity contribution is 0.665. The van der Waals surface area contributed by atoms with E-state index in [1.807, 2.05) is 30.3 Å². The third kappa shape index (κ3) is 3.64. The normalized spacial score (nSPS) is 13.5. The van der Waals surface area contributed by atoms with Crippen molar-refractivity contribution in [3.05, 3.63) is 151 Å². The van der Waals surface area contributed by atoms with Crippen molar-refractivity contribution in [1.29, 1.82) is 0 Å². The lowest BCUT2D eigenvalue weighted by Gasteiger charge is -2.22. The van der Waals surface area contributed by atoms with Crippen molar-refractivity contribution < 1.29 is 4.42 Å². The highest BCUT2D eigenvalue weighted by molar-refractivity contribution is 6.25. The topological polar surface area (TPSA) is 43.9 Å². The average Bonchev–Trinajstić information content (AvgIpc) is 3.74. The molecular formula is C43H29N3O. The molecular weight excluding hydrogens is 574 g/mol. The second-order valence-electron chi connectivity index (χ2n) is 13.0. The van der Waals surface area contributed by atoms with Crippen LogP contribution >= 0.6 is 0 Å². The van der Waals surface area contributed by atoms with E-state index in [9.17, 15) is 0 Å². The van der Waals surface area contributed by atoms with Crippen LogP contribution in [0.15, 0.2) is 144 Å². The first-order valence-electron chi connectivity index (χ1n) is 16.1. The Balaban J connectivity index is 1.38. The first kappa shape index (κ1) is 26.2. The summed E-state index contributed by atoms with van der Waals surface area (Å²) in [6.45, 7) is 4.70. The smallest absolute Gasteiger partial charge is 0.162 e. The monoisotopic (exact) mass is 603 g/mol. The summed E-state index contributed by atoms with van der Waals surface area (Å²) in [5.41, 5.74) is 11.9. The Morgan fingerprint density at radius 3 is 2.09 bits per heavy atom. The molecule has 222 valence electrons. The molecule has 10 rings (SSSR count). The van der Waals surface area contributed by atoms with Gasteiger partial charge in [0, 0.05) is 38.8 Å². The number of rotatable bonds is 3. The Labute approximate surface area is 271 Å². The summed E-state index contributed by atoms with van der Waals surface area (Å²) in [7, 11) is 0. The van der Waals surface area contributed by atoms with Crippen molar-refractivity contribution in [3.63, 3.8) is 0 Å². The number of aromatic nitrogens is 3. The van der Waals surface area contributed by atoms with Gasteiger partial charge in [0.15, 0.2) is 5.82 Å². The molecule has 1 aliphatic carbocycles. The molecule has 0 fully saturated rings. The molecule has 0 saturated heterocycles. The number of nitrogens with zero attached hydrogens (tertiary/aromatic N) is 3. The summed E-state index contributed by atoms with van der Waals surface area (Å²) < 4.78 is 9.08. The zero-order valence-corrected chi connectivity index (χ0v) is 26.0. The van der Waals surface area contributed by atoms with Crippen LogP contribution in [0.25, 0.3) is 83.3 Å². The summed E-state index contributed by atoms with van der Waals surface area (Å²) in [4.78, 5) is 10.4. The number of para-hydroxylation sites is 1. The van der Waals surface area contributed by atoms with Crippen LogP contribution < -0.4 is 0 Å². The summed E-state index contributed by atoms with van der Waals surface area (Å²) in [5, 5.41) is 4.58.